The smallest absolute Gasteiger partial charge is 0.303 e. The number of carbonyl (C=O) groups excluding carboxylic acids is 1. The number of nitrogens with zero attached hydrogens (tertiary/aromatic N) is 1. The fraction of sp³-hybridized carbons (Fsp3) is 0.846. The Morgan fingerprint density at radius 2 is 2.00 bits per heavy atom. The molecule has 1 heterocycles. The van der Waals surface area contributed by atoms with Gasteiger partial charge >= 0.3 is 5.97 Å². The molecular formula is C13H22N2O3. The molecule has 1 saturated carbocycles. The van der Waals surface area contributed by atoms with Gasteiger partial charge in [0.1, 0.15) is 0 Å². The van der Waals surface area contributed by atoms with Crippen molar-refractivity contribution in [1.29, 1.82) is 0 Å². The van der Waals surface area contributed by atoms with Gasteiger partial charge in [-0.2, -0.15) is 0 Å². The fourth-order valence-corrected chi connectivity index (χ4v) is 2.70. The molecule has 2 fully saturated rings. The van der Waals surface area contributed by atoms with E-state index in [9.17, 15) is 9.59 Å². The van der Waals surface area contributed by atoms with Gasteiger partial charge in [0.05, 0.1) is 0 Å². The zero-order chi connectivity index (χ0) is 13.1. The zero-order valence-corrected chi connectivity index (χ0v) is 10.9. The van der Waals surface area contributed by atoms with E-state index in [1.165, 1.54) is 12.8 Å². The number of carboxylic acid groups (broad SMARTS) is 1. The first-order valence-electron chi connectivity index (χ1n) is 6.78. The highest BCUT2D eigenvalue weighted by Crippen LogP contribution is 2.26. The molecular weight excluding hydrogens is 232 g/mol. The topological polar surface area (TPSA) is 69.6 Å². The van der Waals surface area contributed by atoms with Crippen molar-refractivity contribution in [3.05, 3.63) is 0 Å². The molecule has 18 heavy (non-hydrogen) atoms. The van der Waals surface area contributed by atoms with Crippen LogP contribution in [0.2, 0.25) is 0 Å². The summed E-state index contributed by atoms with van der Waals surface area (Å²) in [6.07, 6.45) is 4.33. The van der Waals surface area contributed by atoms with Crippen LogP contribution in [-0.2, 0) is 9.59 Å². The second-order valence-electron chi connectivity index (χ2n) is 5.60. The Balaban J connectivity index is 1.87. The lowest BCUT2D eigenvalue weighted by molar-refractivity contribution is -0.137. The number of piperidine rings is 1. The van der Waals surface area contributed by atoms with Gasteiger partial charge in [-0.15, -0.1) is 0 Å². The van der Waals surface area contributed by atoms with Gasteiger partial charge in [0.15, 0.2) is 0 Å². The third-order valence-electron chi connectivity index (χ3n) is 3.80. The predicted molar refractivity (Wildman–Crippen MR) is 67.2 cm³/mol. The summed E-state index contributed by atoms with van der Waals surface area (Å²) in [5, 5.41) is 12.3. The van der Waals surface area contributed by atoms with E-state index in [1.807, 2.05) is 4.90 Å². The number of likely N-dealkylation sites (tertiary alicyclic amines) is 1. The number of carbonyl (C=O) groups is 2. The molecule has 102 valence electrons. The van der Waals surface area contributed by atoms with Crippen molar-refractivity contribution in [3.8, 4) is 0 Å². The highest BCUT2D eigenvalue weighted by atomic mass is 16.4. The number of nitrogens with one attached hydrogen (secondary N) is 1. The monoisotopic (exact) mass is 254 g/mol. The van der Waals surface area contributed by atoms with Crippen LogP contribution in [0.4, 0.5) is 0 Å². The van der Waals surface area contributed by atoms with Crippen LogP contribution < -0.4 is 5.32 Å². The van der Waals surface area contributed by atoms with E-state index in [0.29, 0.717) is 31.0 Å². The third-order valence-corrected chi connectivity index (χ3v) is 3.80. The molecule has 5 heteroatoms. The van der Waals surface area contributed by atoms with Gasteiger partial charge < -0.3 is 15.3 Å². The van der Waals surface area contributed by atoms with Gasteiger partial charge in [-0.1, -0.05) is 0 Å². The summed E-state index contributed by atoms with van der Waals surface area (Å²) < 4.78 is 0. The van der Waals surface area contributed by atoms with E-state index >= 15 is 0 Å². The first-order valence-corrected chi connectivity index (χ1v) is 6.78. The van der Waals surface area contributed by atoms with Crippen LogP contribution in [-0.4, -0.2) is 47.1 Å². The summed E-state index contributed by atoms with van der Waals surface area (Å²) in [4.78, 5) is 24.0. The fourth-order valence-electron chi connectivity index (χ4n) is 2.70. The van der Waals surface area contributed by atoms with Gasteiger partial charge in [0, 0.05) is 38.5 Å². The molecule has 1 aliphatic carbocycles. The maximum Gasteiger partial charge on any atom is 0.303 e. The van der Waals surface area contributed by atoms with Gasteiger partial charge in [-0.25, -0.2) is 0 Å². The van der Waals surface area contributed by atoms with Gasteiger partial charge in [0.25, 0.3) is 0 Å². The Labute approximate surface area is 108 Å². The zero-order valence-electron chi connectivity index (χ0n) is 10.9. The first-order chi connectivity index (χ1) is 8.54. The van der Waals surface area contributed by atoms with Crippen LogP contribution in [0.15, 0.2) is 0 Å². The van der Waals surface area contributed by atoms with Crippen molar-refractivity contribution < 1.29 is 14.7 Å². The number of rotatable bonds is 5. The molecule has 2 rings (SSSR count). The lowest BCUT2D eigenvalue weighted by Crippen LogP contribution is -2.51. The Kier molecular flexibility index (Phi) is 4.22. The molecule has 2 unspecified atom stereocenters. The number of carboxylic acids is 1. The molecule has 0 bridgehead atoms. The lowest BCUT2D eigenvalue weighted by Gasteiger charge is -2.38. The van der Waals surface area contributed by atoms with E-state index in [1.54, 1.807) is 6.92 Å². The molecule has 2 atom stereocenters. The number of hydrogen-bond acceptors (Lipinski definition) is 3. The summed E-state index contributed by atoms with van der Waals surface area (Å²) in [5.41, 5.74) is 0. The quantitative estimate of drug-likeness (QED) is 0.763. The van der Waals surface area contributed by atoms with Crippen molar-refractivity contribution in [1.82, 2.24) is 10.2 Å². The second kappa shape index (κ2) is 5.69. The maximum absolute atomic E-state index is 11.5. The second-order valence-corrected chi connectivity index (χ2v) is 5.60. The van der Waals surface area contributed by atoms with Gasteiger partial charge in [-0.05, 0) is 31.6 Å². The van der Waals surface area contributed by atoms with Crippen molar-refractivity contribution in [2.24, 2.45) is 5.92 Å². The van der Waals surface area contributed by atoms with E-state index in [4.69, 9.17) is 5.11 Å². The molecule has 2 aliphatic rings. The summed E-state index contributed by atoms with van der Waals surface area (Å²) in [6.45, 7) is 3.08. The molecule has 0 aromatic carbocycles. The molecule has 0 aromatic heterocycles. The van der Waals surface area contributed by atoms with Crippen LogP contribution in [0, 0.1) is 5.92 Å². The molecule has 0 aromatic rings. The average Bonchev–Trinajstić information content (AvgIpc) is 3.10. The first kappa shape index (κ1) is 13.3. The Bertz CT molecular complexity index is 328. The normalized spacial score (nSPS) is 28.2. The molecule has 2 N–H and O–H groups in total. The summed E-state index contributed by atoms with van der Waals surface area (Å²) in [6, 6.07) is 0.968. The van der Waals surface area contributed by atoms with Crippen molar-refractivity contribution in [3.63, 3.8) is 0 Å². The predicted octanol–water partition coefficient (Wildman–Crippen LogP) is 0.840. The number of hydrogen-bond donors (Lipinski definition) is 2. The minimum absolute atomic E-state index is 0.0950. The van der Waals surface area contributed by atoms with Crippen molar-refractivity contribution in [2.75, 3.05) is 13.1 Å². The summed E-state index contributed by atoms with van der Waals surface area (Å²) in [7, 11) is 0. The van der Waals surface area contributed by atoms with Crippen LogP contribution in [0.25, 0.3) is 0 Å². The Hall–Kier alpha value is -1.10. The van der Waals surface area contributed by atoms with Gasteiger partial charge in [0.2, 0.25) is 5.91 Å². The highest BCUT2D eigenvalue weighted by Gasteiger charge is 2.32. The highest BCUT2D eigenvalue weighted by molar-refractivity contribution is 5.73. The molecule has 5 nitrogen and oxygen atoms in total. The molecule has 1 saturated heterocycles. The van der Waals surface area contributed by atoms with Crippen LogP contribution >= 0.6 is 0 Å². The summed E-state index contributed by atoms with van der Waals surface area (Å²) in [5.74, 6) is -0.339. The minimum atomic E-state index is -0.748. The molecule has 1 aliphatic heterocycles. The SMILES string of the molecule is CC(=O)N1CC(CCC(=O)O)CC(NC2CC2)C1. The number of amides is 1. The van der Waals surface area contributed by atoms with E-state index in [-0.39, 0.29) is 12.3 Å². The molecule has 0 radical (unpaired) electrons. The van der Waals surface area contributed by atoms with E-state index in [0.717, 1.165) is 13.0 Å². The van der Waals surface area contributed by atoms with Crippen LogP contribution in [0.3, 0.4) is 0 Å². The standard InChI is InChI=1S/C13H22N2O3/c1-9(16)15-7-10(2-5-13(17)18)6-12(8-15)14-11-3-4-11/h10-12,14H,2-8H2,1H3,(H,17,18). The lowest BCUT2D eigenvalue weighted by atomic mass is 9.90. The largest absolute Gasteiger partial charge is 0.481 e. The van der Waals surface area contributed by atoms with Crippen molar-refractivity contribution in [2.45, 2.75) is 51.1 Å². The molecule has 1 amide bonds. The third kappa shape index (κ3) is 3.98. The van der Waals surface area contributed by atoms with Gasteiger partial charge in [-0.3, -0.25) is 9.59 Å². The average molecular weight is 254 g/mol. The van der Waals surface area contributed by atoms with E-state index < -0.39 is 5.97 Å². The molecule has 0 spiro atoms. The summed E-state index contributed by atoms with van der Waals surface area (Å²) >= 11 is 0. The Morgan fingerprint density at radius 1 is 1.28 bits per heavy atom. The van der Waals surface area contributed by atoms with E-state index in [2.05, 4.69) is 5.32 Å². The van der Waals surface area contributed by atoms with Crippen LogP contribution in [0.5, 0.6) is 0 Å². The maximum atomic E-state index is 11.5. The minimum Gasteiger partial charge on any atom is -0.481 e. The Morgan fingerprint density at radius 3 is 2.56 bits per heavy atom. The van der Waals surface area contributed by atoms with Crippen LogP contribution in [0.1, 0.15) is 39.0 Å². The van der Waals surface area contributed by atoms with Crippen molar-refractivity contribution >= 4 is 11.9 Å². The number of aliphatic carboxylic acids is 1.